The highest BCUT2D eigenvalue weighted by molar-refractivity contribution is 5.35. The first-order valence-corrected chi connectivity index (χ1v) is 5.43. The van der Waals surface area contributed by atoms with E-state index >= 15 is 0 Å². The number of rotatable bonds is 4. The van der Waals surface area contributed by atoms with Crippen molar-refractivity contribution in [2.45, 2.75) is 18.8 Å². The molecule has 0 aromatic heterocycles. The molecule has 1 aliphatic heterocycles. The smallest absolute Gasteiger partial charge is 0.159 e. The monoisotopic (exact) mass is 223 g/mol. The third-order valence-electron chi connectivity index (χ3n) is 2.68. The fourth-order valence-corrected chi connectivity index (χ4v) is 1.85. The second kappa shape index (κ2) is 5.30. The lowest BCUT2D eigenvalue weighted by Crippen LogP contribution is -2.20. The predicted octanol–water partition coefficient (Wildman–Crippen LogP) is 1.46. The van der Waals surface area contributed by atoms with E-state index in [0.29, 0.717) is 19.6 Å². The third kappa shape index (κ3) is 2.52. The van der Waals surface area contributed by atoms with Crippen LogP contribution < -0.4 is 10.5 Å². The SMILES string of the molecule is COc1ccccc1C(N)CC1OCCO1. The number of ether oxygens (including phenoxy) is 3. The topological polar surface area (TPSA) is 53.7 Å². The van der Waals surface area contributed by atoms with Crippen molar-refractivity contribution < 1.29 is 14.2 Å². The molecule has 16 heavy (non-hydrogen) atoms. The molecular formula is C12H17NO3. The van der Waals surface area contributed by atoms with Crippen LogP contribution in [0.5, 0.6) is 5.75 Å². The first-order chi connectivity index (χ1) is 7.81. The fraction of sp³-hybridized carbons (Fsp3) is 0.500. The molecule has 1 saturated heterocycles. The summed E-state index contributed by atoms with van der Waals surface area (Å²) in [6.45, 7) is 1.31. The van der Waals surface area contributed by atoms with Gasteiger partial charge in [-0.2, -0.15) is 0 Å². The van der Waals surface area contributed by atoms with Crippen molar-refractivity contribution in [1.82, 2.24) is 0 Å². The van der Waals surface area contributed by atoms with Gasteiger partial charge in [-0.05, 0) is 6.07 Å². The van der Waals surface area contributed by atoms with Crippen LogP contribution in [0, 0.1) is 0 Å². The average molecular weight is 223 g/mol. The standard InChI is InChI=1S/C12H17NO3/c1-14-11-5-3-2-4-9(11)10(13)8-12-15-6-7-16-12/h2-5,10,12H,6-8,13H2,1H3. The minimum absolute atomic E-state index is 0.126. The molecule has 1 unspecified atom stereocenters. The Hall–Kier alpha value is -1.10. The lowest BCUT2D eigenvalue weighted by atomic mass is 10.0. The predicted molar refractivity (Wildman–Crippen MR) is 60.2 cm³/mol. The van der Waals surface area contributed by atoms with Crippen molar-refractivity contribution in [1.29, 1.82) is 0 Å². The van der Waals surface area contributed by atoms with Crippen LogP contribution in [0.15, 0.2) is 24.3 Å². The van der Waals surface area contributed by atoms with Crippen molar-refractivity contribution in [2.75, 3.05) is 20.3 Å². The Morgan fingerprint density at radius 1 is 1.38 bits per heavy atom. The first-order valence-electron chi connectivity index (χ1n) is 5.43. The molecule has 1 atom stereocenters. The number of nitrogens with two attached hydrogens (primary N) is 1. The van der Waals surface area contributed by atoms with Gasteiger partial charge in [0, 0.05) is 18.0 Å². The van der Waals surface area contributed by atoms with Gasteiger partial charge >= 0.3 is 0 Å². The third-order valence-corrected chi connectivity index (χ3v) is 2.68. The van der Waals surface area contributed by atoms with Crippen LogP contribution in [0.1, 0.15) is 18.0 Å². The van der Waals surface area contributed by atoms with Crippen LogP contribution in [0.2, 0.25) is 0 Å². The molecule has 4 heteroatoms. The van der Waals surface area contributed by atoms with Crippen LogP contribution in [0.4, 0.5) is 0 Å². The lowest BCUT2D eigenvalue weighted by molar-refractivity contribution is -0.0508. The number of para-hydroxylation sites is 1. The molecule has 1 heterocycles. The summed E-state index contributed by atoms with van der Waals surface area (Å²) < 4.78 is 16.0. The number of hydrogen-bond acceptors (Lipinski definition) is 4. The Balaban J connectivity index is 2.04. The summed E-state index contributed by atoms with van der Waals surface area (Å²) in [5, 5.41) is 0. The summed E-state index contributed by atoms with van der Waals surface area (Å²) in [5.41, 5.74) is 7.10. The highest BCUT2D eigenvalue weighted by atomic mass is 16.7. The maximum Gasteiger partial charge on any atom is 0.159 e. The fourth-order valence-electron chi connectivity index (χ4n) is 1.85. The highest BCUT2D eigenvalue weighted by Crippen LogP contribution is 2.27. The van der Waals surface area contributed by atoms with Crippen molar-refractivity contribution in [2.24, 2.45) is 5.73 Å². The summed E-state index contributed by atoms with van der Waals surface area (Å²) in [6.07, 6.45) is 0.473. The largest absolute Gasteiger partial charge is 0.496 e. The Morgan fingerprint density at radius 3 is 2.75 bits per heavy atom. The van der Waals surface area contributed by atoms with E-state index in [1.54, 1.807) is 7.11 Å². The maximum absolute atomic E-state index is 6.11. The molecular weight excluding hydrogens is 206 g/mol. The zero-order valence-electron chi connectivity index (χ0n) is 9.39. The highest BCUT2D eigenvalue weighted by Gasteiger charge is 2.21. The van der Waals surface area contributed by atoms with Crippen LogP contribution in [-0.4, -0.2) is 26.6 Å². The van der Waals surface area contributed by atoms with E-state index in [-0.39, 0.29) is 12.3 Å². The molecule has 0 saturated carbocycles. The summed E-state index contributed by atoms with van der Waals surface area (Å²) in [5.74, 6) is 0.813. The molecule has 1 aromatic rings. The van der Waals surface area contributed by atoms with Crippen molar-refractivity contribution >= 4 is 0 Å². The molecule has 0 radical (unpaired) electrons. The van der Waals surface area contributed by atoms with E-state index in [0.717, 1.165) is 11.3 Å². The van der Waals surface area contributed by atoms with E-state index in [4.69, 9.17) is 19.9 Å². The molecule has 1 aliphatic rings. The van der Waals surface area contributed by atoms with Gasteiger partial charge in [0.15, 0.2) is 6.29 Å². The molecule has 0 amide bonds. The van der Waals surface area contributed by atoms with Crippen molar-refractivity contribution in [3.05, 3.63) is 29.8 Å². The molecule has 2 rings (SSSR count). The summed E-state index contributed by atoms with van der Waals surface area (Å²) in [4.78, 5) is 0. The van der Waals surface area contributed by atoms with Gasteiger partial charge in [0.2, 0.25) is 0 Å². The summed E-state index contributed by atoms with van der Waals surface area (Å²) >= 11 is 0. The van der Waals surface area contributed by atoms with E-state index in [2.05, 4.69) is 0 Å². The minimum Gasteiger partial charge on any atom is -0.496 e. The molecule has 0 bridgehead atoms. The number of benzene rings is 1. The Labute approximate surface area is 95.3 Å². The zero-order chi connectivity index (χ0) is 11.4. The minimum atomic E-state index is -0.181. The van der Waals surface area contributed by atoms with Gasteiger partial charge in [-0.1, -0.05) is 18.2 Å². The average Bonchev–Trinajstić information content (AvgIpc) is 2.81. The van der Waals surface area contributed by atoms with E-state index in [1.807, 2.05) is 24.3 Å². The second-order valence-electron chi connectivity index (χ2n) is 3.76. The Bertz CT molecular complexity index is 337. The van der Waals surface area contributed by atoms with E-state index in [1.165, 1.54) is 0 Å². The molecule has 4 nitrogen and oxygen atoms in total. The first kappa shape index (κ1) is 11.4. The number of hydrogen-bond donors (Lipinski definition) is 1. The van der Waals surface area contributed by atoms with Gasteiger partial charge < -0.3 is 19.9 Å². The molecule has 2 N–H and O–H groups in total. The van der Waals surface area contributed by atoms with E-state index < -0.39 is 0 Å². The molecule has 1 fully saturated rings. The van der Waals surface area contributed by atoms with Crippen LogP contribution in [-0.2, 0) is 9.47 Å². The van der Waals surface area contributed by atoms with Gasteiger partial charge in [0.25, 0.3) is 0 Å². The van der Waals surface area contributed by atoms with Crippen molar-refractivity contribution in [3.63, 3.8) is 0 Å². The lowest BCUT2D eigenvalue weighted by Gasteiger charge is -2.18. The number of methoxy groups -OCH3 is 1. The molecule has 0 spiro atoms. The Kier molecular flexibility index (Phi) is 3.77. The van der Waals surface area contributed by atoms with Gasteiger partial charge in [0.1, 0.15) is 5.75 Å². The quantitative estimate of drug-likeness (QED) is 0.839. The Morgan fingerprint density at radius 2 is 2.06 bits per heavy atom. The zero-order valence-corrected chi connectivity index (χ0v) is 9.39. The van der Waals surface area contributed by atoms with E-state index in [9.17, 15) is 0 Å². The van der Waals surface area contributed by atoms with Gasteiger partial charge in [-0.25, -0.2) is 0 Å². The van der Waals surface area contributed by atoms with Crippen LogP contribution >= 0.6 is 0 Å². The molecule has 88 valence electrons. The summed E-state index contributed by atoms with van der Waals surface area (Å²) in [7, 11) is 1.65. The van der Waals surface area contributed by atoms with Gasteiger partial charge in [0.05, 0.1) is 20.3 Å². The van der Waals surface area contributed by atoms with Gasteiger partial charge in [-0.15, -0.1) is 0 Å². The summed E-state index contributed by atoms with van der Waals surface area (Å²) in [6, 6.07) is 7.63. The maximum atomic E-state index is 6.11. The van der Waals surface area contributed by atoms with Crippen molar-refractivity contribution in [3.8, 4) is 5.75 Å². The van der Waals surface area contributed by atoms with Gasteiger partial charge in [-0.3, -0.25) is 0 Å². The van der Waals surface area contributed by atoms with Crippen LogP contribution in [0.3, 0.4) is 0 Å². The molecule has 1 aromatic carbocycles. The normalized spacial score (nSPS) is 18.6. The second-order valence-corrected chi connectivity index (χ2v) is 3.76. The van der Waals surface area contributed by atoms with Crippen LogP contribution in [0.25, 0.3) is 0 Å². The molecule has 0 aliphatic carbocycles.